The first-order valence-corrected chi connectivity index (χ1v) is 8.33. The number of nitrogens with one attached hydrogen (secondary N) is 1. The number of halogens is 1. The molecule has 138 valence electrons. The van der Waals surface area contributed by atoms with E-state index in [4.69, 9.17) is 16.3 Å². The smallest absolute Gasteiger partial charge is 0.270 e. The van der Waals surface area contributed by atoms with Gasteiger partial charge >= 0.3 is 0 Å². The number of hydrogen-bond donors (Lipinski definition) is 1. The first-order chi connectivity index (χ1) is 12.4. The van der Waals surface area contributed by atoms with Gasteiger partial charge in [-0.05, 0) is 37.9 Å². The Morgan fingerprint density at radius 1 is 1.23 bits per heavy atom. The lowest BCUT2D eigenvalue weighted by Gasteiger charge is -2.11. The van der Waals surface area contributed by atoms with E-state index in [2.05, 4.69) is 5.32 Å². The number of carbonyl (C=O) groups excluding carboxylic acids is 1. The number of carbonyl (C=O) groups is 1. The maximum Gasteiger partial charge on any atom is 0.270 e. The molecule has 0 heterocycles. The van der Waals surface area contributed by atoms with E-state index in [1.807, 2.05) is 43.3 Å². The summed E-state index contributed by atoms with van der Waals surface area (Å²) in [5.41, 5.74) is 0.939. The molecule has 0 unspecified atom stereocenters. The van der Waals surface area contributed by atoms with Gasteiger partial charge in [0.25, 0.3) is 11.6 Å². The molecule has 0 atom stereocenters. The summed E-state index contributed by atoms with van der Waals surface area (Å²) < 4.78 is 5.61. The zero-order chi connectivity index (χ0) is 19.1. The minimum atomic E-state index is -0.560. The summed E-state index contributed by atoms with van der Waals surface area (Å²) in [7, 11) is 3.96. The normalized spacial score (nSPS) is 10.6. The van der Waals surface area contributed by atoms with E-state index in [1.165, 1.54) is 12.1 Å². The quantitative estimate of drug-likeness (QED) is 0.564. The van der Waals surface area contributed by atoms with Crippen LogP contribution in [0.2, 0.25) is 5.02 Å². The standard InChI is InChI=1S/C18H20ClN3O4/c1-21(2)9-10-26-15-6-3-13(4-7-15)12-20-18(23)16-8-5-14(22(24)25)11-17(16)19/h3-8,11H,9-10,12H2,1-2H3,(H,20,23). The Balaban J connectivity index is 1.90. The predicted octanol–water partition coefficient (Wildman–Crippen LogP) is 3.12. The highest BCUT2D eigenvalue weighted by atomic mass is 35.5. The lowest BCUT2D eigenvalue weighted by molar-refractivity contribution is -0.384. The van der Waals surface area contributed by atoms with Crippen molar-refractivity contribution in [2.24, 2.45) is 0 Å². The van der Waals surface area contributed by atoms with E-state index in [-0.39, 0.29) is 16.3 Å². The van der Waals surface area contributed by atoms with Gasteiger partial charge in [0.1, 0.15) is 12.4 Å². The lowest BCUT2D eigenvalue weighted by atomic mass is 10.1. The Labute approximate surface area is 156 Å². The predicted molar refractivity (Wildman–Crippen MR) is 99.8 cm³/mol. The van der Waals surface area contributed by atoms with Gasteiger partial charge in [-0.1, -0.05) is 23.7 Å². The second-order valence-electron chi connectivity index (χ2n) is 5.90. The molecule has 0 radical (unpaired) electrons. The summed E-state index contributed by atoms with van der Waals surface area (Å²) in [6, 6.07) is 11.2. The van der Waals surface area contributed by atoms with Crippen molar-refractivity contribution in [3.05, 3.63) is 68.7 Å². The molecule has 2 rings (SSSR count). The number of amides is 1. The highest BCUT2D eigenvalue weighted by Gasteiger charge is 2.14. The number of non-ortho nitro benzene ring substituents is 1. The number of rotatable bonds is 8. The Morgan fingerprint density at radius 2 is 1.92 bits per heavy atom. The summed E-state index contributed by atoms with van der Waals surface area (Å²) >= 11 is 5.96. The minimum Gasteiger partial charge on any atom is -0.492 e. The molecule has 0 spiro atoms. The van der Waals surface area contributed by atoms with Crippen LogP contribution < -0.4 is 10.1 Å². The number of nitrogens with zero attached hydrogens (tertiary/aromatic N) is 2. The highest BCUT2D eigenvalue weighted by molar-refractivity contribution is 6.34. The maximum atomic E-state index is 12.2. The molecule has 0 bridgehead atoms. The molecule has 0 aliphatic rings. The third kappa shape index (κ3) is 5.72. The van der Waals surface area contributed by atoms with Crippen LogP contribution in [0.3, 0.4) is 0 Å². The molecule has 0 aromatic heterocycles. The largest absolute Gasteiger partial charge is 0.492 e. The van der Waals surface area contributed by atoms with Crippen molar-refractivity contribution < 1.29 is 14.5 Å². The van der Waals surface area contributed by atoms with Crippen molar-refractivity contribution in [1.29, 1.82) is 0 Å². The Bertz CT molecular complexity index is 779. The first kappa shape index (κ1) is 19.7. The molecular weight excluding hydrogens is 358 g/mol. The van der Waals surface area contributed by atoms with Crippen LogP contribution >= 0.6 is 11.6 Å². The van der Waals surface area contributed by atoms with E-state index >= 15 is 0 Å². The topological polar surface area (TPSA) is 84.7 Å². The fourth-order valence-corrected chi connectivity index (χ4v) is 2.39. The van der Waals surface area contributed by atoms with Crippen LogP contribution in [-0.4, -0.2) is 43.0 Å². The van der Waals surface area contributed by atoms with Gasteiger partial charge in [-0.2, -0.15) is 0 Å². The van der Waals surface area contributed by atoms with E-state index in [9.17, 15) is 14.9 Å². The third-order valence-corrected chi connectivity index (χ3v) is 3.90. The number of hydrogen-bond acceptors (Lipinski definition) is 5. The van der Waals surface area contributed by atoms with Crippen LogP contribution in [-0.2, 0) is 6.54 Å². The van der Waals surface area contributed by atoms with Crippen molar-refractivity contribution in [3.8, 4) is 5.75 Å². The molecule has 1 N–H and O–H groups in total. The van der Waals surface area contributed by atoms with Crippen LogP contribution in [0.1, 0.15) is 15.9 Å². The van der Waals surface area contributed by atoms with Gasteiger partial charge in [-0.25, -0.2) is 0 Å². The Morgan fingerprint density at radius 3 is 2.50 bits per heavy atom. The van der Waals surface area contributed by atoms with E-state index < -0.39 is 10.8 Å². The summed E-state index contributed by atoms with van der Waals surface area (Å²) in [5.74, 6) is 0.372. The monoisotopic (exact) mass is 377 g/mol. The van der Waals surface area contributed by atoms with Crippen LogP contribution in [0.4, 0.5) is 5.69 Å². The molecule has 26 heavy (non-hydrogen) atoms. The zero-order valence-electron chi connectivity index (χ0n) is 14.6. The summed E-state index contributed by atoms with van der Waals surface area (Å²) in [4.78, 5) is 24.4. The fourth-order valence-electron chi connectivity index (χ4n) is 2.13. The number of nitro groups is 1. The lowest BCUT2D eigenvalue weighted by Crippen LogP contribution is -2.23. The van der Waals surface area contributed by atoms with Gasteiger partial charge in [-0.3, -0.25) is 14.9 Å². The summed E-state index contributed by atoms with van der Waals surface area (Å²) in [6.07, 6.45) is 0. The average molecular weight is 378 g/mol. The fraction of sp³-hybridized carbons (Fsp3) is 0.278. The SMILES string of the molecule is CN(C)CCOc1ccc(CNC(=O)c2ccc([N+](=O)[O-])cc2Cl)cc1. The van der Waals surface area contributed by atoms with Gasteiger partial charge in [0.15, 0.2) is 0 Å². The third-order valence-electron chi connectivity index (χ3n) is 3.59. The molecule has 2 aromatic rings. The number of nitro benzene ring substituents is 1. The zero-order valence-corrected chi connectivity index (χ0v) is 15.3. The molecule has 0 saturated carbocycles. The molecule has 0 aliphatic heterocycles. The second-order valence-corrected chi connectivity index (χ2v) is 6.31. The van der Waals surface area contributed by atoms with Gasteiger partial charge in [-0.15, -0.1) is 0 Å². The van der Waals surface area contributed by atoms with E-state index in [0.29, 0.717) is 13.2 Å². The van der Waals surface area contributed by atoms with E-state index in [0.717, 1.165) is 23.9 Å². The molecule has 0 fully saturated rings. The Hall–Kier alpha value is -2.64. The maximum absolute atomic E-state index is 12.2. The highest BCUT2D eigenvalue weighted by Crippen LogP contribution is 2.22. The number of likely N-dealkylation sites (N-methyl/N-ethyl adjacent to an activating group) is 1. The van der Waals surface area contributed by atoms with Gasteiger partial charge < -0.3 is 15.0 Å². The molecule has 0 aliphatic carbocycles. The number of ether oxygens (including phenoxy) is 1. The molecule has 1 amide bonds. The van der Waals surface area contributed by atoms with E-state index in [1.54, 1.807) is 0 Å². The van der Waals surface area contributed by atoms with Crippen molar-refractivity contribution in [3.63, 3.8) is 0 Å². The van der Waals surface area contributed by atoms with Crippen LogP contribution in [0, 0.1) is 10.1 Å². The van der Waals surface area contributed by atoms with Crippen molar-refractivity contribution in [2.75, 3.05) is 27.2 Å². The summed E-state index contributed by atoms with van der Waals surface area (Å²) in [5, 5.41) is 13.5. The molecular formula is C18H20ClN3O4. The second kappa shape index (κ2) is 9.17. The van der Waals surface area contributed by atoms with Crippen molar-refractivity contribution >= 4 is 23.2 Å². The van der Waals surface area contributed by atoms with Crippen molar-refractivity contribution in [1.82, 2.24) is 10.2 Å². The summed E-state index contributed by atoms with van der Waals surface area (Å²) in [6.45, 7) is 1.74. The number of benzene rings is 2. The van der Waals surface area contributed by atoms with Crippen LogP contribution in [0.15, 0.2) is 42.5 Å². The van der Waals surface area contributed by atoms with Gasteiger partial charge in [0.2, 0.25) is 0 Å². The van der Waals surface area contributed by atoms with Crippen molar-refractivity contribution in [2.45, 2.75) is 6.54 Å². The molecule has 0 saturated heterocycles. The van der Waals surface area contributed by atoms with Gasteiger partial charge in [0, 0.05) is 25.2 Å². The molecule has 2 aromatic carbocycles. The Kier molecular flexibility index (Phi) is 6.94. The molecule has 8 heteroatoms. The van der Waals surface area contributed by atoms with Crippen LogP contribution in [0.5, 0.6) is 5.75 Å². The molecule has 7 nitrogen and oxygen atoms in total. The van der Waals surface area contributed by atoms with Gasteiger partial charge in [0.05, 0.1) is 15.5 Å². The van der Waals surface area contributed by atoms with Crippen LogP contribution in [0.25, 0.3) is 0 Å². The minimum absolute atomic E-state index is 0.0429. The first-order valence-electron chi connectivity index (χ1n) is 7.95. The average Bonchev–Trinajstić information content (AvgIpc) is 2.60.